The first-order valence-corrected chi connectivity index (χ1v) is 8.89. The van der Waals surface area contributed by atoms with Crippen LogP contribution in [0.1, 0.15) is 52.5 Å². The molecule has 1 aromatic rings. The second-order valence-electron chi connectivity index (χ2n) is 7.76. The summed E-state index contributed by atoms with van der Waals surface area (Å²) in [5, 5.41) is 0. The van der Waals surface area contributed by atoms with E-state index in [4.69, 9.17) is 10.5 Å². The number of ether oxygens (including phenoxy) is 1. The van der Waals surface area contributed by atoms with E-state index in [0.29, 0.717) is 17.5 Å². The Hall–Kier alpha value is -1.78. The van der Waals surface area contributed by atoms with Gasteiger partial charge in [-0.1, -0.05) is 34.1 Å². The molecular formula is C19H31N3O2. The van der Waals surface area contributed by atoms with Crippen LogP contribution in [0.3, 0.4) is 0 Å². The standard InChI is InChI=1S/C19H31N3O2/c1-13(2)11-22(12-14(3)4)17-16(20)9-15(10-21-17)19(7-6-8-19)18(23)24-5/h9-10,13-14H,6-8,11-12,20H2,1-5H3. The molecule has 0 aromatic carbocycles. The van der Waals surface area contributed by atoms with Crippen molar-refractivity contribution >= 4 is 17.5 Å². The van der Waals surface area contributed by atoms with Crippen LogP contribution >= 0.6 is 0 Å². The number of esters is 1. The maximum atomic E-state index is 12.2. The van der Waals surface area contributed by atoms with Gasteiger partial charge in [0.2, 0.25) is 0 Å². The van der Waals surface area contributed by atoms with E-state index in [1.54, 1.807) is 0 Å². The summed E-state index contributed by atoms with van der Waals surface area (Å²) in [6.45, 7) is 10.6. The molecule has 1 saturated carbocycles. The van der Waals surface area contributed by atoms with Crippen molar-refractivity contribution in [2.75, 3.05) is 30.8 Å². The fourth-order valence-corrected chi connectivity index (χ4v) is 3.47. The summed E-state index contributed by atoms with van der Waals surface area (Å²) in [5.74, 6) is 1.69. The summed E-state index contributed by atoms with van der Waals surface area (Å²) in [4.78, 5) is 19.1. The molecule has 2 rings (SSSR count). The molecule has 1 aliphatic rings. The molecule has 2 N–H and O–H groups in total. The van der Waals surface area contributed by atoms with Gasteiger partial charge < -0.3 is 15.4 Å². The highest BCUT2D eigenvalue weighted by Gasteiger charge is 2.47. The average molecular weight is 333 g/mol. The molecule has 5 nitrogen and oxygen atoms in total. The molecule has 0 spiro atoms. The van der Waals surface area contributed by atoms with Crippen molar-refractivity contribution < 1.29 is 9.53 Å². The van der Waals surface area contributed by atoms with E-state index in [1.807, 2.05) is 12.3 Å². The van der Waals surface area contributed by atoms with Crippen LogP contribution in [0.25, 0.3) is 0 Å². The number of pyridine rings is 1. The molecule has 0 amide bonds. The summed E-state index contributed by atoms with van der Waals surface area (Å²) in [6.07, 6.45) is 4.46. The number of carbonyl (C=O) groups excluding carboxylic acids is 1. The van der Waals surface area contributed by atoms with Gasteiger partial charge in [-0.3, -0.25) is 4.79 Å². The van der Waals surface area contributed by atoms with Gasteiger partial charge in [-0.2, -0.15) is 0 Å². The second-order valence-corrected chi connectivity index (χ2v) is 7.76. The van der Waals surface area contributed by atoms with Gasteiger partial charge in [0.05, 0.1) is 18.2 Å². The quantitative estimate of drug-likeness (QED) is 0.775. The number of rotatable bonds is 7. The van der Waals surface area contributed by atoms with Gasteiger partial charge in [-0.25, -0.2) is 4.98 Å². The maximum Gasteiger partial charge on any atom is 0.316 e. The molecular weight excluding hydrogens is 302 g/mol. The molecule has 24 heavy (non-hydrogen) atoms. The van der Waals surface area contributed by atoms with Gasteiger partial charge in [0.25, 0.3) is 0 Å². The van der Waals surface area contributed by atoms with Crippen molar-refractivity contribution in [1.82, 2.24) is 4.98 Å². The lowest BCUT2D eigenvalue weighted by atomic mass is 9.65. The van der Waals surface area contributed by atoms with E-state index in [2.05, 4.69) is 37.6 Å². The maximum absolute atomic E-state index is 12.2. The van der Waals surface area contributed by atoms with Gasteiger partial charge in [0.1, 0.15) is 0 Å². The number of nitrogens with two attached hydrogens (primary N) is 1. The Kier molecular flexibility index (Phi) is 5.73. The molecule has 0 unspecified atom stereocenters. The Morgan fingerprint density at radius 1 is 1.29 bits per heavy atom. The van der Waals surface area contributed by atoms with Crippen LogP contribution in [0.5, 0.6) is 0 Å². The Bertz CT molecular complexity index is 570. The number of hydrogen-bond acceptors (Lipinski definition) is 5. The minimum Gasteiger partial charge on any atom is -0.468 e. The van der Waals surface area contributed by atoms with E-state index >= 15 is 0 Å². The van der Waals surface area contributed by atoms with Crippen molar-refractivity contribution in [3.8, 4) is 0 Å². The molecule has 1 aliphatic carbocycles. The highest BCUT2D eigenvalue weighted by molar-refractivity contribution is 5.85. The third-order valence-corrected chi connectivity index (χ3v) is 4.70. The lowest BCUT2D eigenvalue weighted by Crippen LogP contribution is -2.43. The molecule has 0 aliphatic heterocycles. The number of carbonyl (C=O) groups is 1. The zero-order chi connectivity index (χ0) is 17.9. The van der Waals surface area contributed by atoms with Crippen molar-refractivity contribution in [1.29, 1.82) is 0 Å². The van der Waals surface area contributed by atoms with Crippen LogP contribution < -0.4 is 10.6 Å². The minimum absolute atomic E-state index is 0.177. The summed E-state index contributed by atoms with van der Waals surface area (Å²) < 4.78 is 5.02. The summed E-state index contributed by atoms with van der Waals surface area (Å²) in [5.41, 5.74) is 7.32. The van der Waals surface area contributed by atoms with E-state index in [9.17, 15) is 4.79 Å². The van der Waals surface area contributed by atoms with Crippen molar-refractivity contribution in [3.63, 3.8) is 0 Å². The minimum atomic E-state index is -0.546. The fraction of sp³-hybridized carbons (Fsp3) is 0.684. The molecule has 134 valence electrons. The van der Waals surface area contributed by atoms with Crippen molar-refractivity contribution in [3.05, 3.63) is 17.8 Å². The Balaban J connectivity index is 2.32. The lowest BCUT2D eigenvalue weighted by molar-refractivity contribution is -0.151. The number of nitrogens with zero attached hydrogens (tertiary/aromatic N) is 2. The van der Waals surface area contributed by atoms with E-state index in [-0.39, 0.29) is 5.97 Å². The van der Waals surface area contributed by atoms with Crippen molar-refractivity contribution in [2.24, 2.45) is 11.8 Å². The van der Waals surface area contributed by atoms with Gasteiger partial charge in [-0.15, -0.1) is 0 Å². The molecule has 0 bridgehead atoms. The van der Waals surface area contributed by atoms with Crippen LogP contribution in [-0.4, -0.2) is 31.2 Å². The summed E-state index contributed by atoms with van der Waals surface area (Å²) in [6, 6.07) is 1.92. The Morgan fingerprint density at radius 2 is 1.88 bits per heavy atom. The number of hydrogen-bond donors (Lipinski definition) is 1. The van der Waals surface area contributed by atoms with Crippen LogP contribution in [0, 0.1) is 11.8 Å². The van der Waals surface area contributed by atoms with Gasteiger partial charge >= 0.3 is 5.97 Å². The zero-order valence-electron chi connectivity index (χ0n) is 15.6. The SMILES string of the molecule is COC(=O)C1(c2cnc(N(CC(C)C)CC(C)C)c(N)c2)CCC1. The molecule has 5 heteroatoms. The number of aromatic nitrogens is 1. The molecule has 1 aromatic heterocycles. The average Bonchev–Trinajstić information content (AvgIpc) is 2.44. The van der Waals surface area contributed by atoms with Crippen LogP contribution in [0.2, 0.25) is 0 Å². The molecule has 1 heterocycles. The first-order chi connectivity index (χ1) is 11.3. The van der Waals surface area contributed by atoms with Gasteiger partial charge in [0, 0.05) is 19.3 Å². The number of anilines is 2. The fourth-order valence-electron chi connectivity index (χ4n) is 3.47. The molecule has 0 atom stereocenters. The van der Waals surface area contributed by atoms with Gasteiger partial charge in [-0.05, 0) is 36.3 Å². The molecule has 0 saturated heterocycles. The first kappa shape index (κ1) is 18.6. The number of nitrogen functional groups attached to an aromatic ring is 1. The summed E-state index contributed by atoms with van der Waals surface area (Å²) >= 11 is 0. The van der Waals surface area contributed by atoms with E-state index in [1.165, 1.54) is 7.11 Å². The van der Waals surface area contributed by atoms with Crippen LogP contribution in [-0.2, 0) is 14.9 Å². The van der Waals surface area contributed by atoms with Crippen LogP contribution in [0.4, 0.5) is 11.5 Å². The molecule has 1 fully saturated rings. The third kappa shape index (κ3) is 3.65. The topological polar surface area (TPSA) is 68.5 Å². The van der Waals surface area contributed by atoms with E-state index < -0.39 is 5.41 Å². The highest BCUT2D eigenvalue weighted by atomic mass is 16.5. The largest absolute Gasteiger partial charge is 0.468 e. The Morgan fingerprint density at radius 3 is 2.25 bits per heavy atom. The highest BCUT2D eigenvalue weighted by Crippen LogP contribution is 2.45. The Labute approximate surface area is 145 Å². The third-order valence-electron chi connectivity index (χ3n) is 4.70. The normalized spacial score (nSPS) is 16.1. The second kappa shape index (κ2) is 7.41. The smallest absolute Gasteiger partial charge is 0.316 e. The van der Waals surface area contributed by atoms with E-state index in [0.717, 1.165) is 43.7 Å². The first-order valence-electron chi connectivity index (χ1n) is 8.89. The molecule has 0 radical (unpaired) electrons. The predicted octanol–water partition coefficient (Wildman–Crippen LogP) is 3.38. The number of methoxy groups -OCH3 is 1. The monoisotopic (exact) mass is 333 g/mol. The van der Waals surface area contributed by atoms with Crippen LogP contribution in [0.15, 0.2) is 12.3 Å². The predicted molar refractivity (Wildman–Crippen MR) is 98.1 cm³/mol. The summed E-state index contributed by atoms with van der Waals surface area (Å²) in [7, 11) is 1.45. The van der Waals surface area contributed by atoms with Crippen molar-refractivity contribution in [2.45, 2.75) is 52.4 Å². The lowest BCUT2D eigenvalue weighted by Gasteiger charge is -2.39. The van der Waals surface area contributed by atoms with Gasteiger partial charge in [0.15, 0.2) is 5.82 Å². The zero-order valence-corrected chi connectivity index (χ0v) is 15.6.